The Morgan fingerprint density at radius 2 is 1.61 bits per heavy atom. The van der Waals surface area contributed by atoms with Crippen molar-refractivity contribution in [2.45, 2.75) is 19.9 Å². The highest BCUT2D eigenvalue weighted by Crippen LogP contribution is 2.26. The standard InChI is InChI=1S/C26H24ClN3O/c1-19-8-6-7-9-21(19)16-25(31)29(2)17-22-18-30(24-10-4-3-5-11-24)28-26(22)20-12-14-23(27)15-13-20/h3-15,18H,16-17H2,1-2H3. The van der Waals surface area contributed by atoms with Gasteiger partial charge in [0, 0.05) is 35.9 Å². The summed E-state index contributed by atoms with van der Waals surface area (Å²) in [5, 5.41) is 5.51. The number of carbonyl (C=O) groups is 1. The van der Waals surface area contributed by atoms with Crippen LogP contribution in [0.15, 0.2) is 85.1 Å². The number of halogens is 1. The van der Waals surface area contributed by atoms with Gasteiger partial charge in [-0.15, -0.1) is 0 Å². The van der Waals surface area contributed by atoms with Crippen molar-refractivity contribution in [1.82, 2.24) is 14.7 Å². The van der Waals surface area contributed by atoms with Gasteiger partial charge in [-0.1, -0.05) is 66.2 Å². The summed E-state index contributed by atoms with van der Waals surface area (Å²) in [4.78, 5) is 14.7. The summed E-state index contributed by atoms with van der Waals surface area (Å²) in [6, 6.07) is 25.6. The average molecular weight is 430 g/mol. The summed E-state index contributed by atoms with van der Waals surface area (Å²) in [7, 11) is 1.84. The fourth-order valence-electron chi connectivity index (χ4n) is 3.54. The molecule has 0 saturated heterocycles. The SMILES string of the molecule is Cc1ccccc1CC(=O)N(C)Cc1cn(-c2ccccc2)nc1-c1ccc(Cl)cc1. The largest absolute Gasteiger partial charge is 0.341 e. The molecule has 156 valence electrons. The first-order valence-electron chi connectivity index (χ1n) is 10.2. The maximum atomic E-state index is 12.9. The van der Waals surface area contributed by atoms with Crippen molar-refractivity contribution in [3.63, 3.8) is 0 Å². The number of benzene rings is 3. The molecular weight excluding hydrogens is 406 g/mol. The number of para-hydroxylation sites is 1. The van der Waals surface area contributed by atoms with Crippen molar-refractivity contribution in [3.8, 4) is 16.9 Å². The maximum Gasteiger partial charge on any atom is 0.227 e. The minimum Gasteiger partial charge on any atom is -0.341 e. The van der Waals surface area contributed by atoms with E-state index < -0.39 is 0 Å². The smallest absolute Gasteiger partial charge is 0.227 e. The highest BCUT2D eigenvalue weighted by Gasteiger charge is 2.17. The number of aryl methyl sites for hydroxylation is 1. The second-order valence-corrected chi connectivity index (χ2v) is 8.08. The second-order valence-electron chi connectivity index (χ2n) is 7.64. The van der Waals surface area contributed by atoms with Crippen molar-refractivity contribution in [3.05, 3.63) is 107 Å². The summed E-state index contributed by atoms with van der Waals surface area (Å²) in [5.74, 6) is 0.0730. The first-order chi connectivity index (χ1) is 15.0. The highest BCUT2D eigenvalue weighted by atomic mass is 35.5. The van der Waals surface area contributed by atoms with Crippen LogP contribution in [0.3, 0.4) is 0 Å². The van der Waals surface area contributed by atoms with Crippen molar-refractivity contribution in [1.29, 1.82) is 0 Å². The molecule has 31 heavy (non-hydrogen) atoms. The zero-order chi connectivity index (χ0) is 21.8. The Bertz CT molecular complexity index is 1180. The molecule has 0 atom stereocenters. The van der Waals surface area contributed by atoms with Crippen LogP contribution in [0.4, 0.5) is 0 Å². The molecule has 1 heterocycles. The molecule has 1 aromatic heterocycles. The fraction of sp³-hybridized carbons (Fsp3) is 0.154. The summed E-state index contributed by atoms with van der Waals surface area (Å²) < 4.78 is 1.86. The van der Waals surface area contributed by atoms with Crippen LogP contribution < -0.4 is 0 Å². The van der Waals surface area contributed by atoms with E-state index in [9.17, 15) is 4.79 Å². The Hall–Kier alpha value is -3.37. The van der Waals surface area contributed by atoms with Crippen molar-refractivity contribution >= 4 is 17.5 Å². The minimum absolute atomic E-state index is 0.0730. The highest BCUT2D eigenvalue weighted by molar-refractivity contribution is 6.30. The van der Waals surface area contributed by atoms with Crippen molar-refractivity contribution < 1.29 is 4.79 Å². The Morgan fingerprint density at radius 3 is 2.32 bits per heavy atom. The first-order valence-corrected chi connectivity index (χ1v) is 10.6. The number of nitrogens with zero attached hydrogens (tertiary/aromatic N) is 3. The molecule has 0 aliphatic heterocycles. The third-order valence-corrected chi connectivity index (χ3v) is 5.62. The van der Waals surface area contributed by atoms with Crippen LogP contribution in [-0.4, -0.2) is 27.6 Å². The molecule has 0 unspecified atom stereocenters. The molecule has 4 rings (SSSR count). The van der Waals surface area contributed by atoms with Gasteiger partial charge in [0.25, 0.3) is 0 Å². The number of hydrogen-bond donors (Lipinski definition) is 0. The van der Waals surface area contributed by atoms with Gasteiger partial charge in [-0.2, -0.15) is 5.10 Å². The number of carbonyl (C=O) groups excluding carboxylic acids is 1. The molecular formula is C26H24ClN3O. The van der Waals surface area contributed by atoms with Gasteiger partial charge in [-0.05, 0) is 42.3 Å². The molecule has 1 amide bonds. The van der Waals surface area contributed by atoms with Gasteiger partial charge < -0.3 is 4.90 Å². The lowest BCUT2D eigenvalue weighted by atomic mass is 10.0. The van der Waals surface area contributed by atoms with E-state index in [1.165, 1.54) is 0 Å². The number of rotatable bonds is 6. The normalized spacial score (nSPS) is 10.8. The first kappa shape index (κ1) is 20.9. The van der Waals surface area contributed by atoms with E-state index >= 15 is 0 Å². The number of aromatic nitrogens is 2. The minimum atomic E-state index is 0.0730. The van der Waals surface area contributed by atoms with E-state index in [0.29, 0.717) is 18.0 Å². The van der Waals surface area contributed by atoms with Crippen LogP contribution in [-0.2, 0) is 17.8 Å². The predicted molar refractivity (Wildman–Crippen MR) is 125 cm³/mol. The van der Waals surface area contributed by atoms with Crippen molar-refractivity contribution in [2.24, 2.45) is 0 Å². The Kier molecular flexibility index (Phi) is 6.19. The number of hydrogen-bond acceptors (Lipinski definition) is 2. The second kappa shape index (κ2) is 9.19. The zero-order valence-electron chi connectivity index (χ0n) is 17.6. The summed E-state index contributed by atoms with van der Waals surface area (Å²) in [6.07, 6.45) is 2.38. The van der Waals surface area contributed by atoms with Gasteiger partial charge in [0.1, 0.15) is 0 Å². The monoisotopic (exact) mass is 429 g/mol. The number of likely N-dealkylation sites (N-methyl/N-ethyl adjacent to an activating group) is 1. The predicted octanol–water partition coefficient (Wildman–Crippen LogP) is 5.70. The van der Waals surface area contributed by atoms with Crippen LogP contribution in [0.25, 0.3) is 16.9 Å². The van der Waals surface area contributed by atoms with Gasteiger partial charge in [0.2, 0.25) is 5.91 Å². The van der Waals surface area contributed by atoms with E-state index in [1.807, 2.05) is 104 Å². The summed E-state index contributed by atoms with van der Waals surface area (Å²) in [5.41, 5.74) is 5.94. The molecule has 0 aliphatic carbocycles. The maximum absolute atomic E-state index is 12.9. The molecule has 0 aliphatic rings. The topological polar surface area (TPSA) is 38.1 Å². The third kappa shape index (κ3) is 4.86. The third-order valence-electron chi connectivity index (χ3n) is 5.36. The Morgan fingerprint density at radius 1 is 0.935 bits per heavy atom. The van der Waals surface area contributed by atoms with Gasteiger partial charge in [-0.3, -0.25) is 4.79 Å². The molecule has 4 aromatic rings. The average Bonchev–Trinajstić information content (AvgIpc) is 3.20. The molecule has 0 saturated carbocycles. The molecule has 0 radical (unpaired) electrons. The van der Waals surface area contributed by atoms with E-state index in [-0.39, 0.29) is 5.91 Å². The van der Waals surface area contributed by atoms with Gasteiger partial charge in [0.05, 0.1) is 17.8 Å². The van der Waals surface area contributed by atoms with Crippen LogP contribution in [0, 0.1) is 6.92 Å². The molecule has 0 fully saturated rings. The Labute approximate surface area is 187 Å². The summed E-state index contributed by atoms with van der Waals surface area (Å²) in [6.45, 7) is 2.50. The van der Waals surface area contributed by atoms with Crippen LogP contribution in [0.1, 0.15) is 16.7 Å². The lowest BCUT2D eigenvalue weighted by Gasteiger charge is -2.18. The molecule has 3 aromatic carbocycles. The van der Waals surface area contributed by atoms with Gasteiger partial charge in [0.15, 0.2) is 0 Å². The lowest BCUT2D eigenvalue weighted by molar-refractivity contribution is -0.129. The quantitative estimate of drug-likeness (QED) is 0.394. The zero-order valence-corrected chi connectivity index (χ0v) is 18.4. The van der Waals surface area contributed by atoms with Gasteiger partial charge in [-0.25, -0.2) is 4.68 Å². The van der Waals surface area contributed by atoms with E-state index in [2.05, 4.69) is 0 Å². The van der Waals surface area contributed by atoms with Crippen LogP contribution in [0.2, 0.25) is 5.02 Å². The van der Waals surface area contributed by atoms with E-state index in [0.717, 1.165) is 33.6 Å². The van der Waals surface area contributed by atoms with Crippen LogP contribution in [0.5, 0.6) is 0 Å². The summed E-state index contributed by atoms with van der Waals surface area (Å²) >= 11 is 6.08. The van der Waals surface area contributed by atoms with Crippen molar-refractivity contribution in [2.75, 3.05) is 7.05 Å². The Balaban J connectivity index is 1.63. The fourth-order valence-corrected chi connectivity index (χ4v) is 3.67. The molecule has 4 nitrogen and oxygen atoms in total. The van der Waals surface area contributed by atoms with Gasteiger partial charge >= 0.3 is 0 Å². The molecule has 0 spiro atoms. The molecule has 5 heteroatoms. The number of amides is 1. The lowest BCUT2D eigenvalue weighted by Crippen LogP contribution is -2.28. The van der Waals surface area contributed by atoms with E-state index in [1.54, 1.807) is 4.90 Å². The van der Waals surface area contributed by atoms with Crippen LogP contribution >= 0.6 is 11.6 Å². The van der Waals surface area contributed by atoms with E-state index in [4.69, 9.17) is 16.7 Å². The molecule has 0 N–H and O–H groups in total. The molecule has 0 bridgehead atoms.